The maximum absolute atomic E-state index is 13.6. The quantitative estimate of drug-likeness (QED) is 0.593. The number of nitrogens with one attached hydrogen (secondary N) is 1. The molecule has 7 nitrogen and oxygen atoms in total. The second kappa shape index (κ2) is 7.83. The van der Waals surface area contributed by atoms with Gasteiger partial charge in [0.2, 0.25) is 11.8 Å². The van der Waals surface area contributed by atoms with Crippen molar-refractivity contribution in [1.29, 1.82) is 0 Å². The van der Waals surface area contributed by atoms with E-state index in [4.69, 9.17) is 4.74 Å². The first-order valence-corrected chi connectivity index (χ1v) is 11.8. The van der Waals surface area contributed by atoms with E-state index in [9.17, 15) is 14.4 Å². The lowest BCUT2D eigenvalue weighted by Gasteiger charge is -2.30. The maximum Gasteiger partial charge on any atom is 0.305 e. The number of thiazole rings is 1. The normalized spacial score (nSPS) is 22.0. The lowest BCUT2D eigenvalue weighted by molar-refractivity contribution is -0.122. The van der Waals surface area contributed by atoms with Crippen LogP contribution in [0.2, 0.25) is 0 Å². The highest BCUT2D eigenvalue weighted by Crippen LogP contribution is 2.53. The number of benzene rings is 2. The molecule has 164 valence electrons. The minimum atomic E-state index is -0.596. The molecule has 2 aliphatic heterocycles. The van der Waals surface area contributed by atoms with Gasteiger partial charge in [0.15, 0.2) is 0 Å². The highest BCUT2D eigenvalue weighted by molar-refractivity contribution is 8.00. The lowest BCUT2D eigenvalue weighted by Crippen LogP contribution is -2.32. The number of hydrogen-bond donors (Lipinski definition) is 1. The molecule has 2 aliphatic rings. The standard InChI is InChI=1S/C23H21N3O4S2/c1-25(2)13-6-4-12(5-7-13)16-17-19(31-20-18(16)32-23(29)24-20)22(28)26(21(17)27)14-8-10-15(30-3)11-9-14/h4-11,16-17,19H,1-3H3,(H,24,29)/t16-,17-,19+/m0/s1. The van der Waals surface area contributed by atoms with Gasteiger partial charge in [0.1, 0.15) is 11.0 Å². The van der Waals surface area contributed by atoms with Crippen LogP contribution in [0, 0.1) is 5.92 Å². The minimum Gasteiger partial charge on any atom is -0.497 e. The molecule has 1 saturated heterocycles. The van der Waals surface area contributed by atoms with Gasteiger partial charge in [-0.05, 0) is 42.0 Å². The molecular formula is C23H21N3O4S2. The van der Waals surface area contributed by atoms with Crippen LogP contribution in [0.3, 0.4) is 0 Å². The SMILES string of the molecule is COc1ccc(N2C(=O)[C@H]3[C@H](c4ccc(N(C)C)cc4)c4sc(=O)[nH]c4S[C@H]3C2=O)cc1. The monoisotopic (exact) mass is 467 g/mol. The molecule has 1 aromatic heterocycles. The molecule has 0 radical (unpaired) electrons. The molecule has 3 heterocycles. The van der Waals surface area contributed by atoms with Gasteiger partial charge in [0.05, 0.1) is 23.7 Å². The molecule has 0 aliphatic carbocycles. The number of carbonyl (C=O) groups is 2. The van der Waals surface area contributed by atoms with E-state index in [1.165, 1.54) is 16.7 Å². The van der Waals surface area contributed by atoms with E-state index < -0.39 is 11.2 Å². The average molecular weight is 468 g/mol. The summed E-state index contributed by atoms with van der Waals surface area (Å²) in [4.78, 5) is 46.0. The molecule has 1 N–H and O–H groups in total. The number of thioether (sulfide) groups is 1. The van der Waals surface area contributed by atoms with Crippen molar-refractivity contribution in [3.63, 3.8) is 0 Å². The first-order chi connectivity index (χ1) is 15.4. The van der Waals surface area contributed by atoms with Gasteiger partial charge >= 0.3 is 4.87 Å². The smallest absolute Gasteiger partial charge is 0.305 e. The van der Waals surface area contributed by atoms with Crippen molar-refractivity contribution in [1.82, 2.24) is 4.98 Å². The number of methoxy groups -OCH3 is 1. The Morgan fingerprint density at radius 1 is 0.969 bits per heavy atom. The van der Waals surface area contributed by atoms with Gasteiger partial charge in [-0.15, -0.1) is 0 Å². The summed E-state index contributed by atoms with van der Waals surface area (Å²) in [7, 11) is 5.49. The Hall–Kier alpha value is -3.04. The molecule has 9 heteroatoms. The van der Waals surface area contributed by atoms with Gasteiger partial charge in [0, 0.05) is 30.6 Å². The first-order valence-electron chi connectivity index (χ1n) is 10.1. The van der Waals surface area contributed by atoms with Crippen LogP contribution >= 0.6 is 23.1 Å². The predicted molar refractivity (Wildman–Crippen MR) is 126 cm³/mol. The topological polar surface area (TPSA) is 82.7 Å². The van der Waals surface area contributed by atoms with Crippen molar-refractivity contribution in [3.05, 3.63) is 68.6 Å². The number of imide groups is 1. The third-order valence-electron chi connectivity index (χ3n) is 5.92. The Kier molecular flexibility index (Phi) is 5.10. The van der Waals surface area contributed by atoms with Gasteiger partial charge in [-0.2, -0.15) is 0 Å². The number of nitrogens with zero attached hydrogens (tertiary/aromatic N) is 2. The fourth-order valence-electron chi connectivity index (χ4n) is 4.34. The van der Waals surface area contributed by atoms with Crippen molar-refractivity contribution in [2.45, 2.75) is 16.2 Å². The highest BCUT2D eigenvalue weighted by atomic mass is 32.2. The van der Waals surface area contributed by atoms with Gasteiger partial charge in [-0.3, -0.25) is 14.4 Å². The number of anilines is 2. The van der Waals surface area contributed by atoms with Crippen molar-refractivity contribution in [3.8, 4) is 5.75 Å². The van der Waals surface area contributed by atoms with Crippen LogP contribution in [0.1, 0.15) is 16.4 Å². The molecule has 5 rings (SSSR count). The number of amides is 2. The summed E-state index contributed by atoms with van der Waals surface area (Å²) in [5.74, 6) is -0.804. The van der Waals surface area contributed by atoms with E-state index in [1.54, 1.807) is 31.4 Å². The van der Waals surface area contributed by atoms with Crippen LogP contribution in [0.15, 0.2) is 58.4 Å². The zero-order valence-electron chi connectivity index (χ0n) is 17.7. The molecule has 1 fully saturated rings. The Morgan fingerprint density at radius 2 is 1.66 bits per heavy atom. The number of hydrogen-bond acceptors (Lipinski definition) is 7. The largest absolute Gasteiger partial charge is 0.497 e. The number of rotatable bonds is 4. The van der Waals surface area contributed by atoms with Crippen molar-refractivity contribution >= 4 is 46.3 Å². The Bertz CT molecular complexity index is 1250. The Labute approximate surface area is 193 Å². The number of fused-ring (bicyclic) bond motifs is 2. The Morgan fingerprint density at radius 3 is 2.28 bits per heavy atom. The van der Waals surface area contributed by atoms with E-state index in [1.807, 2.05) is 43.3 Å². The molecule has 0 bridgehead atoms. The van der Waals surface area contributed by atoms with Gasteiger partial charge in [-0.25, -0.2) is 4.90 Å². The molecule has 0 unspecified atom stereocenters. The first kappa shape index (κ1) is 20.8. The summed E-state index contributed by atoms with van der Waals surface area (Å²) in [6.45, 7) is 0. The summed E-state index contributed by atoms with van der Waals surface area (Å²) >= 11 is 2.40. The second-order valence-electron chi connectivity index (χ2n) is 7.95. The van der Waals surface area contributed by atoms with Crippen LogP contribution in [0.4, 0.5) is 11.4 Å². The number of carbonyl (C=O) groups excluding carboxylic acids is 2. The van der Waals surface area contributed by atoms with Crippen LogP contribution in [-0.4, -0.2) is 43.3 Å². The van der Waals surface area contributed by atoms with E-state index in [-0.39, 0.29) is 22.6 Å². The zero-order chi connectivity index (χ0) is 22.6. The minimum absolute atomic E-state index is 0.177. The van der Waals surface area contributed by atoms with Crippen molar-refractivity contribution < 1.29 is 14.3 Å². The van der Waals surface area contributed by atoms with Crippen LogP contribution < -0.4 is 19.4 Å². The fraction of sp³-hybridized carbons (Fsp3) is 0.261. The van der Waals surface area contributed by atoms with Crippen LogP contribution in [0.5, 0.6) is 5.75 Å². The summed E-state index contributed by atoms with van der Waals surface area (Å²) in [6.07, 6.45) is 0. The van der Waals surface area contributed by atoms with Crippen LogP contribution in [-0.2, 0) is 9.59 Å². The summed E-state index contributed by atoms with van der Waals surface area (Å²) in [5, 5.41) is 0.0848. The van der Waals surface area contributed by atoms with E-state index in [2.05, 4.69) is 4.98 Å². The number of aromatic amines is 1. The molecular weight excluding hydrogens is 446 g/mol. The third-order valence-corrected chi connectivity index (χ3v) is 8.32. The number of H-pyrrole nitrogens is 1. The second-order valence-corrected chi connectivity index (χ2v) is 10.1. The molecule has 2 amide bonds. The highest BCUT2D eigenvalue weighted by Gasteiger charge is 2.56. The van der Waals surface area contributed by atoms with Crippen LogP contribution in [0.25, 0.3) is 0 Å². The lowest BCUT2D eigenvalue weighted by atomic mass is 9.83. The molecule has 2 aromatic carbocycles. The van der Waals surface area contributed by atoms with Crippen molar-refractivity contribution in [2.75, 3.05) is 31.0 Å². The molecule has 0 saturated carbocycles. The van der Waals surface area contributed by atoms with Gasteiger partial charge in [0.25, 0.3) is 0 Å². The summed E-state index contributed by atoms with van der Waals surface area (Å²) in [6, 6.07) is 14.8. The van der Waals surface area contributed by atoms with Gasteiger partial charge < -0.3 is 14.6 Å². The zero-order valence-corrected chi connectivity index (χ0v) is 19.3. The molecule has 3 atom stereocenters. The average Bonchev–Trinajstić information content (AvgIpc) is 3.28. The predicted octanol–water partition coefficient (Wildman–Crippen LogP) is 3.31. The van der Waals surface area contributed by atoms with E-state index >= 15 is 0 Å². The van der Waals surface area contributed by atoms with E-state index in [0.717, 1.165) is 27.5 Å². The number of aromatic nitrogens is 1. The number of ether oxygens (including phenoxy) is 1. The van der Waals surface area contributed by atoms with Crippen molar-refractivity contribution in [2.24, 2.45) is 5.92 Å². The summed E-state index contributed by atoms with van der Waals surface area (Å²) in [5.41, 5.74) is 2.47. The summed E-state index contributed by atoms with van der Waals surface area (Å²) < 4.78 is 5.20. The fourth-order valence-corrected chi connectivity index (χ4v) is 6.86. The Balaban J connectivity index is 1.59. The molecule has 32 heavy (non-hydrogen) atoms. The molecule has 3 aromatic rings. The molecule has 0 spiro atoms. The maximum atomic E-state index is 13.6. The van der Waals surface area contributed by atoms with E-state index in [0.29, 0.717) is 16.5 Å². The van der Waals surface area contributed by atoms with Gasteiger partial charge in [-0.1, -0.05) is 35.2 Å². The third kappa shape index (κ3) is 3.23.